The molecule has 0 saturated carbocycles. The third-order valence-corrected chi connectivity index (χ3v) is 3.18. The van der Waals surface area contributed by atoms with E-state index in [0.29, 0.717) is 0 Å². The molecule has 86 valence electrons. The molecule has 1 aliphatic rings. The Kier molecular flexibility index (Phi) is 2.16. The van der Waals surface area contributed by atoms with Crippen molar-refractivity contribution in [3.05, 3.63) is 17.5 Å². The van der Waals surface area contributed by atoms with Crippen LogP contribution in [0.3, 0.4) is 0 Å². The van der Waals surface area contributed by atoms with Crippen LogP contribution in [0.1, 0.15) is 30.4 Å². The van der Waals surface area contributed by atoms with Crippen molar-refractivity contribution >= 4 is 24.3 Å². The van der Waals surface area contributed by atoms with Crippen LogP contribution in [0.2, 0.25) is 5.15 Å². The zero-order valence-corrected chi connectivity index (χ0v) is 10.4. The first-order valence-electron chi connectivity index (χ1n) is 6.00. The predicted molar refractivity (Wildman–Crippen MR) is 62.8 cm³/mol. The van der Waals surface area contributed by atoms with Gasteiger partial charge in [0.05, 0.1) is 25.7 Å². The summed E-state index contributed by atoms with van der Waals surface area (Å²) in [4.78, 5) is 7.66. The van der Waals surface area contributed by atoms with Crippen LogP contribution in [0, 0.1) is 0 Å². The fourth-order valence-corrected chi connectivity index (χ4v) is 1.48. The van der Waals surface area contributed by atoms with Crippen molar-refractivity contribution in [1.29, 1.82) is 0 Å². The third-order valence-electron chi connectivity index (χ3n) is 3.01. The topological polar surface area (TPSA) is 44.2 Å². The second-order valence-corrected chi connectivity index (χ2v) is 5.07. The zero-order valence-electron chi connectivity index (χ0n) is 11.7. The van der Waals surface area contributed by atoms with Gasteiger partial charge in [-0.2, -0.15) is 0 Å². The Morgan fingerprint density at radius 2 is 1.81 bits per heavy atom. The maximum Gasteiger partial charge on any atom is 0.516 e. The lowest BCUT2D eigenvalue weighted by Crippen LogP contribution is -2.41. The van der Waals surface area contributed by atoms with E-state index in [0.717, 1.165) is 0 Å². The largest absolute Gasteiger partial charge is 0.516 e. The Bertz CT molecular complexity index is 483. The molecule has 0 bridgehead atoms. The summed E-state index contributed by atoms with van der Waals surface area (Å²) in [6.45, 7) is 7.63. The van der Waals surface area contributed by atoms with E-state index < -0.39 is 18.3 Å². The highest BCUT2D eigenvalue weighted by molar-refractivity contribution is 6.61. The lowest BCUT2D eigenvalue weighted by molar-refractivity contribution is 0.00578. The van der Waals surface area contributed by atoms with Gasteiger partial charge in [-0.1, -0.05) is 11.6 Å². The monoisotopic (exact) mass is 242 g/mol. The summed E-state index contributed by atoms with van der Waals surface area (Å²) >= 11 is 5.75. The zero-order chi connectivity index (χ0) is 13.7. The quantitative estimate of drug-likeness (QED) is 0.699. The Labute approximate surface area is 103 Å². The maximum atomic E-state index is 7.72. The Morgan fingerprint density at radius 1 is 1.25 bits per heavy atom. The summed E-state index contributed by atoms with van der Waals surface area (Å²) in [5.41, 5.74) is -0.829. The molecule has 1 aromatic heterocycles. The molecule has 0 aliphatic carbocycles. The van der Waals surface area contributed by atoms with Crippen LogP contribution in [-0.4, -0.2) is 28.3 Å². The molecule has 4 nitrogen and oxygen atoms in total. The van der Waals surface area contributed by atoms with Gasteiger partial charge in [-0.3, -0.25) is 4.98 Å². The number of hydrogen-bond acceptors (Lipinski definition) is 4. The van der Waals surface area contributed by atoms with Crippen LogP contribution in [-0.2, 0) is 9.31 Å². The Hall–Kier alpha value is -0.645. The highest BCUT2D eigenvalue weighted by atomic mass is 35.5. The van der Waals surface area contributed by atoms with Crippen LogP contribution < -0.4 is 5.59 Å². The first-order valence-corrected chi connectivity index (χ1v) is 5.38. The van der Waals surface area contributed by atoms with Crippen molar-refractivity contribution in [3.63, 3.8) is 0 Å². The van der Waals surface area contributed by atoms with Gasteiger partial charge in [0.1, 0.15) is 5.15 Å². The van der Waals surface area contributed by atoms with Crippen molar-refractivity contribution in [3.8, 4) is 0 Å². The van der Waals surface area contributed by atoms with Crippen LogP contribution >= 0.6 is 11.6 Å². The summed E-state index contributed by atoms with van der Waals surface area (Å²) in [5.74, 6) is 0. The van der Waals surface area contributed by atoms with E-state index in [1.165, 1.54) is 0 Å². The molecule has 1 fully saturated rings. The molecule has 0 N–H and O–H groups in total. The molecular formula is C10H14BClN2O2. The van der Waals surface area contributed by atoms with Crippen LogP contribution in [0.25, 0.3) is 0 Å². The van der Waals surface area contributed by atoms with Gasteiger partial charge in [-0.15, -0.1) is 0 Å². The minimum absolute atomic E-state index is 0.0595. The molecular weight excluding hydrogens is 226 g/mol. The van der Waals surface area contributed by atoms with Gasteiger partial charge >= 0.3 is 7.12 Å². The smallest absolute Gasteiger partial charge is 0.398 e. The normalized spacial score (nSPS) is 24.2. The SMILES string of the molecule is [2H]c1nc([2H])c(B2OC(C)(C)C(C)(C)O2)nc1Cl. The number of aromatic nitrogens is 2. The summed E-state index contributed by atoms with van der Waals surface area (Å²) < 4.78 is 26.6. The molecule has 0 atom stereocenters. The van der Waals surface area contributed by atoms with E-state index >= 15 is 0 Å². The van der Waals surface area contributed by atoms with Crippen molar-refractivity contribution in [1.82, 2.24) is 9.97 Å². The molecule has 0 amide bonds. The van der Waals surface area contributed by atoms with Gasteiger partial charge in [0, 0.05) is 6.17 Å². The van der Waals surface area contributed by atoms with Crippen LogP contribution in [0.15, 0.2) is 12.3 Å². The summed E-state index contributed by atoms with van der Waals surface area (Å²) in [6, 6.07) is 0. The first kappa shape index (κ1) is 9.39. The molecule has 0 aromatic carbocycles. The highest BCUT2D eigenvalue weighted by Gasteiger charge is 2.52. The van der Waals surface area contributed by atoms with E-state index in [4.69, 9.17) is 23.7 Å². The molecule has 1 aromatic rings. The summed E-state index contributed by atoms with van der Waals surface area (Å²) in [6.07, 6.45) is -0.371. The summed E-state index contributed by atoms with van der Waals surface area (Å²) in [5, 5.41) is -0.0595. The second kappa shape index (κ2) is 3.69. The predicted octanol–water partition coefficient (Wildman–Crippen LogP) is 1.43. The minimum Gasteiger partial charge on any atom is -0.398 e. The third kappa shape index (κ3) is 1.95. The molecule has 16 heavy (non-hydrogen) atoms. The molecule has 0 spiro atoms. The fourth-order valence-electron chi connectivity index (χ4n) is 1.35. The standard InChI is InChI=1S/C10H14BClN2O2/c1-9(2)10(3,4)16-11(15-9)7-5-13-6-8(12)14-7/h5-6H,1-4H3/i5D,6D. The van der Waals surface area contributed by atoms with Gasteiger partial charge in [-0.25, -0.2) is 4.98 Å². The lowest BCUT2D eigenvalue weighted by Gasteiger charge is -2.32. The fraction of sp³-hybridized carbons (Fsp3) is 0.600. The van der Waals surface area contributed by atoms with Crippen molar-refractivity contribution in [2.24, 2.45) is 0 Å². The van der Waals surface area contributed by atoms with Crippen molar-refractivity contribution in [2.75, 3.05) is 0 Å². The van der Waals surface area contributed by atoms with Gasteiger partial charge < -0.3 is 9.31 Å². The number of rotatable bonds is 1. The van der Waals surface area contributed by atoms with Gasteiger partial charge in [0.15, 0.2) is 0 Å². The van der Waals surface area contributed by atoms with E-state index in [1.807, 2.05) is 27.7 Å². The lowest BCUT2D eigenvalue weighted by atomic mass is 9.85. The molecule has 0 radical (unpaired) electrons. The second-order valence-electron chi connectivity index (χ2n) is 4.71. The van der Waals surface area contributed by atoms with E-state index in [1.54, 1.807) is 0 Å². The number of hydrogen-bond donors (Lipinski definition) is 0. The maximum absolute atomic E-state index is 7.72. The Morgan fingerprint density at radius 3 is 2.38 bits per heavy atom. The molecule has 0 unspecified atom stereocenters. The average molecular weight is 243 g/mol. The molecule has 2 rings (SSSR count). The van der Waals surface area contributed by atoms with Gasteiger partial charge in [0.25, 0.3) is 0 Å². The number of nitrogens with zero attached hydrogens (tertiary/aromatic N) is 2. The molecule has 2 heterocycles. The van der Waals surface area contributed by atoms with E-state index in [9.17, 15) is 0 Å². The average Bonchev–Trinajstić information content (AvgIpc) is 2.42. The van der Waals surface area contributed by atoms with E-state index in [2.05, 4.69) is 9.97 Å². The number of halogens is 1. The molecule has 1 aliphatic heterocycles. The van der Waals surface area contributed by atoms with E-state index in [-0.39, 0.29) is 23.1 Å². The highest BCUT2D eigenvalue weighted by Crippen LogP contribution is 2.36. The van der Waals surface area contributed by atoms with Crippen molar-refractivity contribution < 1.29 is 12.1 Å². The van der Waals surface area contributed by atoms with Gasteiger partial charge in [-0.05, 0) is 27.7 Å². The molecule has 1 saturated heterocycles. The minimum atomic E-state index is -0.784. The Balaban J connectivity index is 2.38. The molecule has 6 heteroatoms. The van der Waals surface area contributed by atoms with Gasteiger partial charge in [0.2, 0.25) is 0 Å². The van der Waals surface area contributed by atoms with Crippen LogP contribution in [0.5, 0.6) is 0 Å². The summed E-state index contributed by atoms with van der Waals surface area (Å²) in [7, 11) is -0.784. The first-order chi connectivity index (χ1) is 8.14. The van der Waals surface area contributed by atoms with Crippen LogP contribution in [0.4, 0.5) is 0 Å². The van der Waals surface area contributed by atoms with Crippen molar-refractivity contribution in [2.45, 2.75) is 38.9 Å².